The number of benzene rings is 1. The van der Waals surface area contributed by atoms with Crippen molar-refractivity contribution in [2.75, 3.05) is 33.0 Å². The van der Waals surface area contributed by atoms with Crippen LogP contribution in [0, 0.1) is 11.8 Å². The molecular formula is C23H23N5O4. The zero-order chi connectivity index (χ0) is 22.8. The van der Waals surface area contributed by atoms with Crippen LogP contribution in [0.25, 0.3) is 5.52 Å². The van der Waals surface area contributed by atoms with Crippen molar-refractivity contribution < 1.29 is 14.3 Å². The molecule has 1 aliphatic heterocycles. The van der Waals surface area contributed by atoms with Gasteiger partial charge in [0.05, 0.1) is 14.2 Å². The van der Waals surface area contributed by atoms with E-state index in [9.17, 15) is 9.59 Å². The summed E-state index contributed by atoms with van der Waals surface area (Å²) in [7, 11) is 3.14. The number of amides is 1. The minimum atomic E-state index is -0.362. The smallest absolute Gasteiger partial charge is 0.288 e. The standard InChI is InChI=1S/C23H23N5O4/c1-4-20(29)27-8-7-15(13-27)19-11-16(28-21(19)22(30)25-26-23(28)24)6-5-14-9-17(31-2)12-18(10-14)32-3/h4,9-12,15H,1,7-8,13H2,2-3H3,(H2,24,26)(H,25,30)/t15-/m0/s1. The van der Waals surface area contributed by atoms with Gasteiger partial charge in [0, 0.05) is 30.6 Å². The molecule has 164 valence electrons. The van der Waals surface area contributed by atoms with Gasteiger partial charge in [0.2, 0.25) is 11.9 Å². The summed E-state index contributed by atoms with van der Waals surface area (Å²) in [5.41, 5.74) is 8.11. The summed E-state index contributed by atoms with van der Waals surface area (Å²) < 4.78 is 12.1. The van der Waals surface area contributed by atoms with E-state index < -0.39 is 0 Å². The number of rotatable bonds is 4. The van der Waals surface area contributed by atoms with Gasteiger partial charge in [-0.1, -0.05) is 12.5 Å². The van der Waals surface area contributed by atoms with Gasteiger partial charge in [0.15, 0.2) is 0 Å². The average molecular weight is 433 g/mol. The first-order valence-electron chi connectivity index (χ1n) is 10.0. The second-order valence-corrected chi connectivity index (χ2v) is 7.41. The lowest BCUT2D eigenvalue weighted by molar-refractivity contribution is -0.125. The maximum absolute atomic E-state index is 12.7. The predicted molar refractivity (Wildman–Crippen MR) is 120 cm³/mol. The Morgan fingerprint density at radius 3 is 2.62 bits per heavy atom. The number of hydrogen-bond acceptors (Lipinski definition) is 6. The number of aromatic nitrogens is 3. The van der Waals surface area contributed by atoms with Crippen molar-refractivity contribution in [2.24, 2.45) is 0 Å². The Bertz CT molecular complexity index is 1310. The number of nitrogens with one attached hydrogen (secondary N) is 1. The summed E-state index contributed by atoms with van der Waals surface area (Å²) in [6, 6.07) is 7.18. The third-order valence-electron chi connectivity index (χ3n) is 5.55. The van der Waals surface area contributed by atoms with Gasteiger partial charge < -0.3 is 20.1 Å². The van der Waals surface area contributed by atoms with E-state index in [4.69, 9.17) is 15.2 Å². The molecule has 32 heavy (non-hydrogen) atoms. The molecule has 0 unspecified atom stereocenters. The lowest BCUT2D eigenvalue weighted by Gasteiger charge is -2.13. The fourth-order valence-corrected chi connectivity index (χ4v) is 3.97. The molecule has 3 heterocycles. The second kappa shape index (κ2) is 8.51. The summed E-state index contributed by atoms with van der Waals surface area (Å²) >= 11 is 0. The van der Waals surface area contributed by atoms with Crippen molar-refractivity contribution in [1.82, 2.24) is 19.5 Å². The molecule has 1 fully saturated rings. The largest absolute Gasteiger partial charge is 0.497 e. The molecule has 4 rings (SSSR count). The highest BCUT2D eigenvalue weighted by Gasteiger charge is 2.30. The van der Waals surface area contributed by atoms with Crippen LogP contribution in [-0.4, -0.2) is 52.7 Å². The van der Waals surface area contributed by atoms with Crippen LogP contribution in [0.2, 0.25) is 0 Å². The zero-order valence-corrected chi connectivity index (χ0v) is 17.8. The number of hydrogen-bond donors (Lipinski definition) is 2. The molecule has 1 amide bonds. The SMILES string of the molecule is C=CC(=O)N1CC[C@H](c2cc(C#Cc3cc(OC)cc(OC)c3)n3c(N)n[nH]c(=O)c23)C1. The number of fused-ring (bicyclic) bond motifs is 1. The van der Waals surface area contributed by atoms with Crippen molar-refractivity contribution in [2.45, 2.75) is 12.3 Å². The van der Waals surface area contributed by atoms with E-state index in [-0.39, 0.29) is 23.3 Å². The van der Waals surface area contributed by atoms with Crippen molar-refractivity contribution >= 4 is 17.4 Å². The van der Waals surface area contributed by atoms with Crippen LogP contribution in [-0.2, 0) is 4.79 Å². The van der Waals surface area contributed by atoms with Crippen LogP contribution in [0.5, 0.6) is 11.5 Å². The summed E-state index contributed by atoms with van der Waals surface area (Å²) in [5, 5.41) is 6.33. The average Bonchev–Trinajstić information content (AvgIpc) is 3.45. The monoisotopic (exact) mass is 433 g/mol. The van der Waals surface area contributed by atoms with Gasteiger partial charge in [-0.15, -0.1) is 5.10 Å². The highest BCUT2D eigenvalue weighted by Crippen LogP contribution is 2.32. The quantitative estimate of drug-likeness (QED) is 0.476. The topological polar surface area (TPSA) is 115 Å². The van der Waals surface area contributed by atoms with E-state index in [1.54, 1.807) is 41.7 Å². The van der Waals surface area contributed by atoms with Crippen LogP contribution in [0.3, 0.4) is 0 Å². The molecule has 1 atom stereocenters. The van der Waals surface area contributed by atoms with Gasteiger partial charge in [0.25, 0.3) is 5.56 Å². The fraction of sp³-hybridized carbons (Fsp3) is 0.261. The number of nitrogen functional groups attached to an aromatic ring is 1. The molecule has 1 saturated heterocycles. The molecule has 0 radical (unpaired) electrons. The molecule has 0 aliphatic carbocycles. The Morgan fingerprint density at radius 1 is 1.25 bits per heavy atom. The maximum atomic E-state index is 12.7. The Labute approximate surface area is 184 Å². The number of anilines is 1. The first-order valence-corrected chi connectivity index (χ1v) is 10.0. The summed E-state index contributed by atoms with van der Waals surface area (Å²) in [5.74, 6) is 7.38. The fourth-order valence-electron chi connectivity index (χ4n) is 3.97. The number of likely N-dealkylation sites (tertiary alicyclic amines) is 1. The van der Waals surface area contributed by atoms with Gasteiger partial charge in [0.1, 0.15) is 22.7 Å². The number of nitrogens with two attached hydrogens (primary N) is 1. The third kappa shape index (κ3) is 3.78. The Hall–Kier alpha value is -4.19. The molecule has 1 aromatic carbocycles. The maximum Gasteiger partial charge on any atom is 0.288 e. The van der Waals surface area contributed by atoms with Crippen LogP contribution in [0.15, 0.2) is 41.7 Å². The molecule has 3 aromatic rings. The van der Waals surface area contributed by atoms with Gasteiger partial charge in [-0.05, 0) is 42.2 Å². The van der Waals surface area contributed by atoms with Crippen LogP contribution in [0.1, 0.15) is 29.2 Å². The van der Waals surface area contributed by atoms with Gasteiger partial charge in [-0.25, -0.2) is 5.10 Å². The van der Waals surface area contributed by atoms with Crippen molar-refractivity contribution in [3.63, 3.8) is 0 Å². The van der Waals surface area contributed by atoms with E-state index in [0.29, 0.717) is 41.4 Å². The molecule has 9 nitrogen and oxygen atoms in total. The lowest BCUT2D eigenvalue weighted by Crippen LogP contribution is -2.26. The van der Waals surface area contributed by atoms with Gasteiger partial charge >= 0.3 is 0 Å². The third-order valence-corrected chi connectivity index (χ3v) is 5.55. The second-order valence-electron chi connectivity index (χ2n) is 7.41. The van der Waals surface area contributed by atoms with Crippen molar-refractivity contribution in [3.8, 4) is 23.3 Å². The summed E-state index contributed by atoms with van der Waals surface area (Å²) in [6.07, 6.45) is 2.02. The number of carbonyl (C=O) groups excluding carboxylic acids is 1. The molecule has 0 spiro atoms. The number of H-pyrrole nitrogens is 1. The lowest BCUT2D eigenvalue weighted by atomic mass is 9.99. The first-order chi connectivity index (χ1) is 15.4. The van der Waals surface area contributed by atoms with E-state index in [2.05, 4.69) is 28.6 Å². The van der Waals surface area contributed by atoms with E-state index in [1.807, 2.05) is 6.07 Å². The van der Waals surface area contributed by atoms with Gasteiger partial charge in [-0.3, -0.25) is 14.0 Å². The number of nitrogens with zero attached hydrogens (tertiary/aromatic N) is 3. The number of aromatic amines is 1. The van der Waals surface area contributed by atoms with Crippen LogP contribution in [0.4, 0.5) is 5.95 Å². The summed E-state index contributed by atoms with van der Waals surface area (Å²) in [4.78, 5) is 26.4. The molecule has 0 saturated carbocycles. The normalized spacial score (nSPS) is 15.3. The number of ether oxygens (including phenoxy) is 2. The van der Waals surface area contributed by atoms with E-state index >= 15 is 0 Å². The highest BCUT2D eigenvalue weighted by atomic mass is 16.5. The summed E-state index contributed by atoms with van der Waals surface area (Å²) in [6.45, 7) is 4.63. The molecule has 0 bridgehead atoms. The number of carbonyl (C=O) groups is 1. The predicted octanol–water partition coefficient (Wildman–Crippen LogP) is 1.52. The Kier molecular flexibility index (Phi) is 5.60. The highest BCUT2D eigenvalue weighted by molar-refractivity contribution is 5.87. The van der Waals surface area contributed by atoms with Crippen LogP contribution < -0.4 is 20.8 Å². The zero-order valence-electron chi connectivity index (χ0n) is 17.8. The molecule has 2 aromatic heterocycles. The Morgan fingerprint density at radius 2 is 1.97 bits per heavy atom. The van der Waals surface area contributed by atoms with Crippen LogP contribution >= 0.6 is 0 Å². The Balaban J connectivity index is 1.80. The van der Waals surface area contributed by atoms with Gasteiger partial charge in [-0.2, -0.15) is 0 Å². The molecule has 3 N–H and O–H groups in total. The van der Waals surface area contributed by atoms with E-state index in [0.717, 1.165) is 12.0 Å². The minimum Gasteiger partial charge on any atom is -0.497 e. The minimum absolute atomic E-state index is 0.0238. The molecule has 9 heteroatoms. The van der Waals surface area contributed by atoms with E-state index in [1.165, 1.54) is 6.08 Å². The van der Waals surface area contributed by atoms with Crippen molar-refractivity contribution in [3.05, 3.63) is 64.1 Å². The first kappa shape index (κ1) is 21.1. The number of methoxy groups -OCH3 is 2. The molecule has 1 aliphatic rings. The molecular weight excluding hydrogens is 410 g/mol. The van der Waals surface area contributed by atoms with Crippen molar-refractivity contribution in [1.29, 1.82) is 0 Å².